The number of hydrogen-bond donors (Lipinski definition) is 2. The number of ether oxygens (including phenoxy) is 5. The molecule has 2 aromatic carbocycles. The molecule has 2 aromatic rings. The summed E-state index contributed by atoms with van der Waals surface area (Å²) in [5, 5.41) is 26.0. The third kappa shape index (κ3) is 7.52. The van der Waals surface area contributed by atoms with Crippen LogP contribution in [-0.2, 0) is 4.74 Å². The highest BCUT2D eigenvalue weighted by Gasteiger charge is 2.42. The Balaban J connectivity index is 1.25. The number of fused-ring (bicyclic) bond motifs is 2. The van der Waals surface area contributed by atoms with Gasteiger partial charge >= 0.3 is 0 Å². The number of nitro benzene ring substituents is 1. The number of likely N-dealkylation sites (tertiary alicyclic amines) is 1. The maximum atomic E-state index is 13.8. The van der Waals surface area contributed by atoms with Gasteiger partial charge in [-0.1, -0.05) is 6.92 Å². The van der Waals surface area contributed by atoms with Gasteiger partial charge in [0.2, 0.25) is 0 Å². The topological polar surface area (TPSA) is 162 Å². The highest BCUT2D eigenvalue weighted by molar-refractivity contribution is 7.99. The molecule has 15 heteroatoms. The van der Waals surface area contributed by atoms with E-state index in [-0.39, 0.29) is 54.2 Å². The molecule has 0 aromatic heterocycles. The molecule has 5 rings (SSSR count). The van der Waals surface area contributed by atoms with Gasteiger partial charge in [0.1, 0.15) is 11.0 Å². The third-order valence-corrected chi connectivity index (χ3v) is 9.88. The molecule has 4 atom stereocenters. The monoisotopic (exact) mass is 688 g/mol. The predicted octanol–water partition coefficient (Wildman–Crippen LogP) is 4.18. The van der Waals surface area contributed by atoms with E-state index in [0.29, 0.717) is 48.7 Å². The quantitative estimate of drug-likeness (QED) is 0.119. The zero-order chi connectivity index (χ0) is 34.4. The second-order valence-electron chi connectivity index (χ2n) is 11.7. The van der Waals surface area contributed by atoms with Gasteiger partial charge in [0.25, 0.3) is 17.5 Å². The van der Waals surface area contributed by atoms with Gasteiger partial charge in [-0.25, -0.2) is 0 Å². The smallest absolute Gasteiger partial charge is 0.286 e. The Morgan fingerprint density at radius 3 is 2.48 bits per heavy atom. The number of nitro groups is 1. The highest BCUT2D eigenvalue weighted by atomic mass is 32.2. The van der Waals surface area contributed by atoms with E-state index in [1.54, 1.807) is 12.1 Å². The van der Waals surface area contributed by atoms with Crippen molar-refractivity contribution in [2.24, 2.45) is 0 Å². The Morgan fingerprint density at radius 1 is 1.10 bits per heavy atom. The summed E-state index contributed by atoms with van der Waals surface area (Å²) in [6, 6.07) is 5.70. The van der Waals surface area contributed by atoms with Crippen molar-refractivity contribution in [3.8, 4) is 23.0 Å². The zero-order valence-electron chi connectivity index (χ0n) is 27.8. The Hall–Kier alpha value is -3.95. The summed E-state index contributed by atoms with van der Waals surface area (Å²) in [6.07, 6.45) is 1.90. The van der Waals surface area contributed by atoms with Gasteiger partial charge in [0, 0.05) is 50.8 Å². The summed E-state index contributed by atoms with van der Waals surface area (Å²) in [5.74, 6) is 1.32. The number of carbonyl (C=O) groups excluding carboxylic acids is 2. The van der Waals surface area contributed by atoms with Crippen LogP contribution in [0.4, 0.5) is 11.4 Å². The van der Waals surface area contributed by atoms with Gasteiger partial charge in [-0.3, -0.25) is 19.7 Å². The molecule has 0 spiro atoms. The molecule has 2 fully saturated rings. The van der Waals surface area contributed by atoms with Crippen LogP contribution in [0.3, 0.4) is 0 Å². The normalized spacial score (nSPS) is 20.8. The molecular weight excluding hydrogens is 644 g/mol. The molecule has 2 amide bonds. The van der Waals surface area contributed by atoms with Crippen LogP contribution < -0.4 is 24.3 Å². The SMILES string of the molecule is CCOC(SCC)[C@@H]1C[C@@H](O)CN1C(=O)c1cc(OC)c(OCCCOc2cc3c(cc2OC)C(=O)N2CCC[C@H]2CN3)cc1[N+](=O)[O-]. The average molecular weight is 689 g/mol. The van der Waals surface area contributed by atoms with Crippen molar-refractivity contribution in [3.63, 3.8) is 0 Å². The van der Waals surface area contributed by atoms with Crippen molar-refractivity contribution in [1.29, 1.82) is 0 Å². The van der Waals surface area contributed by atoms with Crippen LogP contribution in [0.25, 0.3) is 0 Å². The molecule has 14 nitrogen and oxygen atoms in total. The molecule has 2 N–H and O–H groups in total. The van der Waals surface area contributed by atoms with Crippen LogP contribution in [-0.4, -0.2) is 115 Å². The maximum Gasteiger partial charge on any atom is 0.286 e. The number of aliphatic hydroxyl groups excluding tert-OH is 1. The number of amides is 2. The van der Waals surface area contributed by atoms with Crippen molar-refractivity contribution in [1.82, 2.24) is 9.80 Å². The molecule has 3 heterocycles. The van der Waals surface area contributed by atoms with Gasteiger partial charge in [-0.05, 0) is 38.0 Å². The van der Waals surface area contributed by atoms with E-state index in [2.05, 4.69) is 5.32 Å². The number of benzene rings is 2. The van der Waals surface area contributed by atoms with Gasteiger partial charge in [-0.15, -0.1) is 11.8 Å². The Morgan fingerprint density at radius 2 is 1.81 bits per heavy atom. The lowest BCUT2D eigenvalue weighted by molar-refractivity contribution is -0.385. The minimum atomic E-state index is -0.771. The number of β-amino-alcohol motifs (C(OH)–C–C–N with tert-alkyl or cyclic N) is 1. The van der Waals surface area contributed by atoms with Crippen LogP contribution >= 0.6 is 11.8 Å². The van der Waals surface area contributed by atoms with Crippen molar-refractivity contribution in [2.45, 2.75) is 63.2 Å². The molecule has 0 radical (unpaired) electrons. The van der Waals surface area contributed by atoms with E-state index in [4.69, 9.17) is 23.7 Å². The van der Waals surface area contributed by atoms with E-state index in [0.717, 1.165) is 25.1 Å². The van der Waals surface area contributed by atoms with E-state index >= 15 is 0 Å². The van der Waals surface area contributed by atoms with E-state index in [1.165, 1.54) is 43.0 Å². The average Bonchev–Trinajstić information content (AvgIpc) is 3.69. The number of carbonyl (C=O) groups is 2. The highest BCUT2D eigenvalue weighted by Crippen LogP contribution is 2.39. The fourth-order valence-corrected chi connectivity index (χ4v) is 7.55. The predicted molar refractivity (Wildman–Crippen MR) is 180 cm³/mol. The first-order valence-corrected chi connectivity index (χ1v) is 17.4. The second-order valence-corrected chi connectivity index (χ2v) is 13.1. The number of thioether (sulfide) groups is 1. The molecule has 262 valence electrons. The van der Waals surface area contributed by atoms with Gasteiger partial charge < -0.3 is 43.9 Å². The summed E-state index contributed by atoms with van der Waals surface area (Å²) in [7, 11) is 2.91. The Labute approximate surface area is 284 Å². The summed E-state index contributed by atoms with van der Waals surface area (Å²) in [6.45, 7) is 6.07. The number of nitrogens with one attached hydrogen (secondary N) is 1. The molecule has 0 bridgehead atoms. The lowest BCUT2D eigenvalue weighted by atomic mass is 10.1. The van der Waals surface area contributed by atoms with Crippen LogP contribution in [0.5, 0.6) is 23.0 Å². The molecule has 48 heavy (non-hydrogen) atoms. The lowest BCUT2D eigenvalue weighted by Crippen LogP contribution is -2.43. The van der Waals surface area contributed by atoms with Crippen molar-refractivity contribution in [2.75, 3.05) is 64.7 Å². The lowest BCUT2D eigenvalue weighted by Gasteiger charge is -2.30. The van der Waals surface area contributed by atoms with Crippen molar-refractivity contribution < 1.29 is 43.3 Å². The molecule has 1 unspecified atom stereocenters. The molecule has 3 aliphatic rings. The van der Waals surface area contributed by atoms with Crippen molar-refractivity contribution in [3.05, 3.63) is 45.5 Å². The number of hydrogen-bond acceptors (Lipinski definition) is 12. The van der Waals surface area contributed by atoms with E-state index in [9.17, 15) is 24.8 Å². The van der Waals surface area contributed by atoms with Gasteiger partial charge in [0.15, 0.2) is 23.0 Å². The fourth-order valence-electron chi connectivity index (χ4n) is 6.51. The number of aliphatic hydroxyl groups is 1. The summed E-state index contributed by atoms with van der Waals surface area (Å²) in [5.41, 5.74) is 0.272. The number of anilines is 1. The third-order valence-electron chi connectivity index (χ3n) is 8.77. The summed E-state index contributed by atoms with van der Waals surface area (Å²) in [4.78, 5) is 41.9. The number of methoxy groups -OCH3 is 2. The van der Waals surface area contributed by atoms with Crippen LogP contribution in [0.1, 0.15) is 60.2 Å². The van der Waals surface area contributed by atoms with E-state index < -0.39 is 28.7 Å². The molecular formula is C33H44N4O10S. The van der Waals surface area contributed by atoms with Crippen LogP contribution in [0.15, 0.2) is 24.3 Å². The van der Waals surface area contributed by atoms with Gasteiger partial charge in [-0.2, -0.15) is 0 Å². The van der Waals surface area contributed by atoms with Crippen LogP contribution in [0.2, 0.25) is 0 Å². The zero-order valence-corrected chi connectivity index (χ0v) is 28.6. The van der Waals surface area contributed by atoms with Crippen molar-refractivity contribution >= 4 is 35.0 Å². The molecule has 2 saturated heterocycles. The standard InChI is InChI=1S/C33H44N4O10S/c1-5-45-33(48-6-2)26-13-21(38)19-36(26)32(40)23-15-28(44-4)30(17-25(23)37(41)42)47-12-8-11-46-29-16-24-22(14-27(29)43-3)31(39)35-10-7-9-20(35)18-34-24/h14-17,20-21,26,33-34,38H,5-13,18-19H2,1-4H3/t20-,21+,26-,33?/m0/s1. The number of rotatable bonds is 15. The second kappa shape index (κ2) is 16.0. The minimum Gasteiger partial charge on any atom is -0.493 e. The van der Waals surface area contributed by atoms with Gasteiger partial charge in [0.05, 0.1) is 61.8 Å². The fraction of sp³-hybridized carbons (Fsp3) is 0.576. The first-order chi connectivity index (χ1) is 23.2. The molecule has 0 aliphatic carbocycles. The largest absolute Gasteiger partial charge is 0.493 e. The Bertz CT molecular complexity index is 1490. The number of nitrogens with zero attached hydrogens (tertiary/aromatic N) is 3. The summed E-state index contributed by atoms with van der Waals surface area (Å²) >= 11 is 1.52. The molecule has 0 saturated carbocycles. The maximum absolute atomic E-state index is 13.8. The Kier molecular flexibility index (Phi) is 11.8. The first-order valence-electron chi connectivity index (χ1n) is 16.3. The minimum absolute atomic E-state index is 0.0189. The van der Waals surface area contributed by atoms with Crippen LogP contribution in [0, 0.1) is 10.1 Å². The molecule has 3 aliphatic heterocycles. The van der Waals surface area contributed by atoms with E-state index in [1.807, 2.05) is 18.7 Å². The first kappa shape index (κ1) is 35.4. The summed E-state index contributed by atoms with van der Waals surface area (Å²) < 4.78 is 28.8.